The molecular weight excluding hydrogens is 336 g/mol. The molecule has 0 amide bonds. The second-order valence-corrected chi connectivity index (χ2v) is 5.16. The molecule has 0 saturated heterocycles. The number of hydrazine groups is 1. The van der Waals surface area contributed by atoms with Gasteiger partial charge in [-0.1, -0.05) is 15.9 Å². The van der Waals surface area contributed by atoms with E-state index in [9.17, 15) is 0 Å². The van der Waals surface area contributed by atoms with Gasteiger partial charge >= 0.3 is 0 Å². The standard InChI is InChI=1S/C13H13BrN6O/c1-21-10-3-2-8(14)6-9(10)17-12-13-16-4-5-20(13)7-11(18-12)19-15/h2-7,19H,15H2,1H3,(H,17,18). The van der Waals surface area contributed by atoms with Gasteiger partial charge in [-0.2, -0.15) is 0 Å². The fraction of sp³-hybridized carbons (Fsp3) is 0.0769. The Morgan fingerprint density at radius 2 is 2.24 bits per heavy atom. The van der Waals surface area contributed by atoms with Crippen LogP contribution in [0.4, 0.5) is 17.3 Å². The molecule has 1 aromatic carbocycles. The molecule has 2 heterocycles. The van der Waals surface area contributed by atoms with Crippen molar-refractivity contribution >= 4 is 38.9 Å². The van der Waals surface area contributed by atoms with Crippen molar-refractivity contribution in [2.24, 2.45) is 5.84 Å². The van der Waals surface area contributed by atoms with Gasteiger partial charge in [0.25, 0.3) is 0 Å². The van der Waals surface area contributed by atoms with Crippen LogP contribution in [0.1, 0.15) is 0 Å². The van der Waals surface area contributed by atoms with E-state index in [2.05, 4.69) is 36.6 Å². The Labute approximate surface area is 129 Å². The van der Waals surface area contributed by atoms with Gasteiger partial charge in [0.1, 0.15) is 5.75 Å². The molecule has 0 radical (unpaired) electrons. The SMILES string of the molecule is COc1ccc(Br)cc1Nc1nc(NN)cn2ccnc12. The molecule has 8 heteroatoms. The van der Waals surface area contributed by atoms with E-state index in [1.807, 2.05) is 28.8 Å². The normalized spacial score (nSPS) is 10.6. The highest BCUT2D eigenvalue weighted by Crippen LogP contribution is 2.31. The summed E-state index contributed by atoms with van der Waals surface area (Å²) in [4.78, 5) is 8.68. The van der Waals surface area contributed by atoms with Crippen LogP contribution in [-0.2, 0) is 0 Å². The molecule has 3 aromatic rings. The molecule has 0 aliphatic carbocycles. The highest BCUT2D eigenvalue weighted by atomic mass is 79.9. The third-order valence-corrected chi connectivity index (χ3v) is 3.43. The van der Waals surface area contributed by atoms with Crippen LogP contribution in [0, 0.1) is 0 Å². The van der Waals surface area contributed by atoms with Gasteiger partial charge in [-0.25, -0.2) is 15.8 Å². The number of ether oxygens (including phenoxy) is 1. The van der Waals surface area contributed by atoms with Crippen LogP contribution in [0.25, 0.3) is 5.65 Å². The van der Waals surface area contributed by atoms with Crippen LogP contribution in [0.15, 0.2) is 41.3 Å². The Morgan fingerprint density at radius 3 is 3.00 bits per heavy atom. The third kappa shape index (κ3) is 2.63. The maximum absolute atomic E-state index is 5.45. The van der Waals surface area contributed by atoms with Crippen LogP contribution in [0.3, 0.4) is 0 Å². The molecule has 3 rings (SSSR count). The molecule has 0 bridgehead atoms. The summed E-state index contributed by atoms with van der Waals surface area (Å²) in [6, 6.07) is 5.67. The first-order valence-electron chi connectivity index (χ1n) is 6.12. The summed E-state index contributed by atoms with van der Waals surface area (Å²) >= 11 is 3.44. The topological polar surface area (TPSA) is 89.5 Å². The zero-order valence-electron chi connectivity index (χ0n) is 11.2. The van der Waals surface area contributed by atoms with E-state index in [-0.39, 0.29) is 0 Å². The minimum Gasteiger partial charge on any atom is -0.495 e. The largest absolute Gasteiger partial charge is 0.495 e. The molecule has 21 heavy (non-hydrogen) atoms. The number of nitrogen functional groups attached to an aromatic ring is 1. The summed E-state index contributed by atoms with van der Waals surface area (Å²) in [5, 5.41) is 3.22. The molecule has 4 N–H and O–H groups in total. The number of anilines is 3. The third-order valence-electron chi connectivity index (χ3n) is 2.94. The zero-order valence-corrected chi connectivity index (χ0v) is 12.8. The van der Waals surface area contributed by atoms with Gasteiger partial charge in [-0.3, -0.25) is 0 Å². The molecule has 0 unspecified atom stereocenters. The molecule has 7 nitrogen and oxygen atoms in total. The number of imidazole rings is 1. The van der Waals surface area contributed by atoms with Crippen LogP contribution in [-0.4, -0.2) is 21.5 Å². The number of nitrogens with two attached hydrogens (primary N) is 1. The van der Waals surface area contributed by atoms with Gasteiger partial charge in [0.05, 0.1) is 19.0 Å². The van der Waals surface area contributed by atoms with Gasteiger partial charge in [-0.05, 0) is 18.2 Å². The second-order valence-electron chi connectivity index (χ2n) is 4.25. The molecule has 0 spiro atoms. The van der Waals surface area contributed by atoms with Gasteiger partial charge in [-0.15, -0.1) is 0 Å². The van der Waals surface area contributed by atoms with Crippen molar-refractivity contribution < 1.29 is 4.74 Å². The van der Waals surface area contributed by atoms with Crippen molar-refractivity contribution in [1.29, 1.82) is 0 Å². The number of hydrogen-bond acceptors (Lipinski definition) is 6. The Kier molecular flexibility index (Phi) is 3.63. The lowest BCUT2D eigenvalue weighted by atomic mass is 10.3. The maximum atomic E-state index is 5.45. The zero-order chi connectivity index (χ0) is 14.8. The average molecular weight is 349 g/mol. The first kappa shape index (κ1) is 13.7. The number of fused-ring (bicyclic) bond motifs is 1. The lowest BCUT2D eigenvalue weighted by molar-refractivity contribution is 0.416. The number of hydrogen-bond donors (Lipinski definition) is 3. The van der Waals surface area contributed by atoms with E-state index in [1.54, 1.807) is 19.5 Å². The van der Waals surface area contributed by atoms with Crippen LogP contribution in [0.2, 0.25) is 0 Å². The number of halogens is 1. The number of aromatic nitrogens is 3. The number of nitrogens with zero attached hydrogens (tertiary/aromatic N) is 3. The van der Waals surface area contributed by atoms with Crippen molar-refractivity contribution in [1.82, 2.24) is 14.4 Å². The van der Waals surface area contributed by atoms with Crippen molar-refractivity contribution in [3.05, 3.63) is 41.3 Å². The highest BCUT2D eigenvalue weighted by Gasteiger charge is 2.10. The van der Waals surface area contributed by atoms with Crippen LogP contribution in [0.5, 0.6) is 5.75 Å². The number of rotatable bonds is 4. The lowest BCUT2D eigenvalue weighted by Gasteiger charge is -2.12. The minimum atomic E-state index is 0.525. The summed E-state index contributed by atoms with van der Waals surface area (Å²) in [6.07, 6.45) is 5.27. The Hall–Kier alpha value is -2.32. The average Bonchev–Trinajstić information content (AvgIpc) is 2.96. The summed E-state index contributed by atoms with van der Waals surface area (Å²) < 4.78 is 8.10. The van der Waals surface area contributed by atoms with Gasteiger partial charge < -0.3 is 19.9 Å². The van der Waals surface area contributed by atoms with Crippen molar-refractivity contribution in [2.45, 2.75) is 0 Å². The maximum Gasteiger partial charge on any atom is 0.180 e. The van der Waals surface area contributed by atoms with Gasteiger partial charge in [0.2, 0.25) is 0 Å². The fourth-order valence-electron chi connectivity index (χ4n) is 1.99. The minimum absolute atomic E-state index is 0.525. The highest BCUT2D eigenvalue weighted by molar-refractivity contribution is 9.10. The molecule has 108 valence electrons. The number of benzene rings is 1. The fourth-order valence-corrected chi connectivity index (χ4v) is 2.35. The van der Waals surface area contributed by atoms with Crippen molar-refractivity contribution in [3.63, 3.8) is 0 Å². The smallest absolute Gasteiger partial charge is 0.180 e. The van der Waals surface area contributed by atoms with E-state index >= 15 is 0 Å². The van der Waals surface area contributed by atoms with Crippen LogP contribution >= 0.6 is 15.9 Å². The van der Waals surface area contributed by atoms with Gasteiger partial charge in [0, 0.05) is 16.9 Å². The summed E-state index contributed by atoms with van der Waals surface area (Å²) in [5.41, 5.74) is 4.00. The van der Waals surface area contributed by atoms with Gasteiger partial charge in [0.15, 0.2) is 17.3 Å². The number of nitrogens with one attached hydrogen (secondary N) is 2. The second kappa shape index (κ2) is 5.58. The quantitative estimate of drug-likeness (QED) is 0.495. The van der Waals surface area contributed by atoms with E-state index < -0.39 is 0 Å². The first-order chi connectivity index (χ1) is 10.2. The first-order valence-corrected chi connectivity index (χ1v) is 6.91. The monoisotopic (exact) mass is 348 g/mol. The van der Waals surface area contributed by atoms with E-state index in [1.165, 1.54) is 0 Å². The Bertz CT molecular complexity index is 787. The summed E-state index contributed by atoms with van der Waals surface area (Å²) in [7, 11) is 1.62. The van der Waals surface area contributed by atoms with Crippen molar-refractivity contribution in [2.75, 3.05) is 17.9 Å². The van der Waals surface area contributed by atoms with Crippen molar-refractivity contribution in [3.8, 4) is 5.75 Å². The molecule has 0 saturated carbocycles. The molecule has 2 aromatic heterocycles. The Morgan fingerprint density at radius 1 is 1.38 bits per heavy atom. The van der Waals surface area contributed by atoms with E-state index in [0.29, 0.717) is 23.0 Å². The summed E-state index contributed by atoms with van der Waals surface area (Å²) in [6.45, 7) is 0. The lowest BCUT2D eigenvalue weighted by Crippen LogP contribution is -2.11. The Balaban J connectivity index is 2.09. The predicted molar refractivity (Wildman–Crippen MR) is 84.8 cm³/mol. The summed E-state index contributed by atoms with van der Waals surface area (Å²) in [5.74, 6) is 7.25. The van der Waals surface area contributed by atoms with E-state index in [0.717, 1.165) is 10.2 Å². The molecular formula is C13H13BrN6O. The van der Waals surface area contributed by atoms with Crippen LogP contribution < -0.4 is 21.3 Å². The predicted octanol–water partition coefficient (Wildman–Crippen LogP) is 2.53. The number of methoxy groups -OCH3 is 1. The van der Waals surface area contributed by atoms with E-state index in [4.69, 9.17) is 10.6 Å². The molecule has 0 aliphatic rings. The molecule has 0 atom stereocenters. The molecule has 0 aliphatic heterocycles. The molecule has 0 fully saturated rings.